The molecule has 1 heterocycles. The van der Waals surface area contributed by atoms with E-state index in [0.717, 1.165) is 24.9 Å². The summed E-state index contributed by atoms with van der Waals surface area (Å²) in [6.07, 6.45) is 3.10. The number of nitro benzene ring substituents is 1. The number of benzene rings is 1. The molecule has 0 radical (unpaired) electrons. The summed E-state index contributed by atoms with van der Waals surface area (Å²) in [6, 6.07) is 5.05. The molecule has 0 aromatic heterocycles. The van der Waals surface area contributed by atoms with Gasteiger partial charge in [0.25, 0.3) is 5.69 Å². The molecule has 2 atom stereocenters. The molecular formula is C14H18N2O4. The molecule has 2 rings (SSSR count). The highest BCUT2D eigenvalue weighted by Gasteiger charge is 2.31. The molecular weight excluding hydrogens is 260 g/mol. The predicted molar refractivity (Wildman–Crippen MR) is 75.3 cm³/mol. The molecule has 0 bridgehead atoms. The maximum Gasteiger partial charge on any atom is 0.342 e. The van der Waals surface area contributed by atoms with Crippen LogP contribution < -0.4 is 4.90 Å². The summed E-state index contributed by atoms with van der Waals surface area (Å²) in [6.45, 7) is 4.19. The van der Waals surface area contributed by atoms with Crippen LogP contribution in [-0.4, -0.2) is 28.1 Å². The minimum absolute atomic E-state index is 0.249. The zero-order valence-corrected chi connectivity index (χ0v) is 11.6. The van der Waals surface area contributed by atoms with Crippen molar-refractivity contribution < 1.29 is 14.8 Å². The van der Waals surface area contributed by atoms with Crippen LogP contribution >= 0.6 is 0 Å². The van der Waals surface area contributed by atoms with Crippen LogP contribution in [0.4, 0.5) is 11.4 Å². The van der Waals surface area contributed by atoms with Gasteiger partial charge in [0.15, 0.2) is 0 Å². The Labute approximate surface area is 117 Å². The molecule has 6 nitrogen and oxygen atoms in total. The van der Waals surface area contributed by atoms with E-state index in [9.17, 15) is 14.9 Å². The number of nitrogens with zero attached hydrogens (tertiary/aromatic N) is 2. The molecule has 1 aliphatic heterocycles. The fraction of sp³-hybridized carbons (Fsp3) is 0.500. The minimum atomic E-state index is -1.27. The number of hydrogen-bond acceptors (Lipinski definition) is 4. The molecule has 1 aromatic rings. The quantitative estimate of drug-likeness (QED) is 0.676. The highest BCUT2D eigenvalue weighted by molar-refractivity contribution is 5.93. The monoisotopic (exact) mass is 278 g/mol. The van der Waals surface area contributed by atoms with Crippen molar-refractivity contribution in [3.05, 3.63) is 33.9 Å². The summed E-state index contributed by atoms with van der Waals surface area (Å²) < 4.78 is 0. The van der Waals surface area contributed by atoms with Crippen LogP contribution in [0.15, 0.2) is 18.2 Å². The van der Waals surface area contributed by atoms with E-state index in [1.807, 2.05) is 0 Å². The van der Waals surface area contributed by atoms with E-state index in [2.05, 4.69) is 18.7 Å². The van der Waals surface area contributed by atoms with Gasteiger partial charge in [0, 0.05) is 23.8 Å². The Kier molecular flexibility index (Phi) is 3.92. The number of carbonyl (C=O) groups is 1. The number of aromatic carboxylic acids is 1. The molecule has 0 saturated carbocycles. The highest BCUT2D eigenvalue weighted by Crippen LogP contribution is 2.34. The van der Waals surface area contributed by atoms with Crippen molar-refractivity contribution in [2.24, 2.45) is 0 Å². The number of carboxylic acid groups (broad SMARTS) is 1. The Balaban J connectivity index is 2.45. The van der Waals surface area contributed by atoms with Gasteiger partial charge >= 0.3 is 5.97 Å². The average Bonchev–Trinajstić information content (AvgIpc) is 2.78. The maximum absolute atomic E-state index is 11.2. The highest BCUT2D eigenvalue weighted by atomic mass is 16.6. The van der Waals surface area contributed by atoms with Gasteiger partial charge in [-0.1, -0.05) is 6.92 Å². The van der Waals surface area contributed by atoms with E-state index >= 15 is 0 Å². The number of anilines is 1. The Bertz CT molecular complexity index is 544. The topological polar surface area (TPSA) is 83.7 Å². The lowest BCUT2D eigenvalue weighted by atomic mass is 10.1. The Morgan fingerprint density at radius 2 is 2.20 bits per heavy atom. The number of rotatable bonds is 4. The Hall–Kier alpha value is -2.11. The summed E-state index contributed by atoms with van der Waals surface area (Å²) in [5.74, 6) is -1.27. The zero-order valence-electron chi connectivity index (χ0n) is 11.6. The normalized spacial score (nSPS) is 22.0. The van der Waals surface area contributed by atoms with Crippen molar-refractivity contribution >= 4 is 17.3 Å². The summed E-state index contributed by atoms with van der Waals surface area (Å²) in [4.78, 5) is 23.6. The second kappa shape index (κ2) is 5.48. The number of carboxylic acids is 1. The molecule has 6 heteroatoms. The van der Waals surface area contributed by atoms with Gasteiger partial charge in [-0.05, 0) is 38.3 Å². The molecule has 1 N–H and O–H groups in total. The summed E-state index contributed by atoms with van der Waals surface area (Å²) in [7, 11) is 0. The van der Waals surface area contributed by atoms with Crippen LogP contribution in [0.1, 0.15) is 43.5 Å². The van der Waals surface area contributed by atoms with E-state index in [0.29, 0.717) is 12.1 Å². The van der Waals surface area contributed by atoms with Gasteiger partial charge < -0.3 is 10.0 Å². The van der Waals surface area contributed by atoms with Gasteiger partial charge in [-0.15, -0.1) is 0 Å². The van der Waals surface area contributed by atoms with Crippen molar-refractivity contribution in [1.82, 2.24) is 0 Å². The van der Waals surface area contributed by atoms with Gasteiger partial charge in [-0.3, -0.25) is 10.1 Å². The third-order valence-electron chi connectivity index (χ3n) is 3.96. The fourth-order valence-corrected chi connectivity index (χ4v) is 2.95. The van der Waals surface area contributed by atoms with E-state index in [1.165, 1.54) is 12.1 Å². The van der Waals surface area contributed by atoms with Crippen LogP contribution in [0.3, 0.4) is 0 Å². The second-order valence-corrected chi connectivity index (χ2v) is 5.16. The lowest BCUT2D eigenvalue weighted by Crippen LogP contribution is -2.34. The molecule has 108 valence electrons. The Morgan fingerprint density at radius 3 is 2.75 bits per heavy atom. The average molecular weight is 278 g/mol. The van der Waals surface area contributed by atoms with Crippen molar-refractivity contribution in [3.63, 3.8) is 0 Å². The first-order valence-electron chi connectivity index (χ1n) is 6.75. The van der Waals surface area contributed by atoms with Crippen LogP contribution in [0.2, 0.25) is 0 Å². The van der Waals surface area contributed by atoms with E-state index < -0.39 is 10.9 Å². The molecule has 1 aromatic carbocycles. The van der Waals surface area contributed by atoms with Crippen LogP contribution in [0.25, 0.3) is 0 Å². The summed E-state index contributed by atoms with van der Waals surface area (Å²) in [5, 5.41) is 20.0. The largest absolute Gasteiger partial charge is 0.477 e. The van der Waals surface area contributed by atoms with Crippen molar-refractivity contribution in [1.29, 1.82) is 0 Å². The van der Waals surface area contributed by atoms with Gasteiger partial charge in [-0.2, -0.15) is 0 Å². The third kappa shape index (κ3) is 2.45. The van der Waals surface area contributed by atoms with Crippen LogP contribution in [0.5, 0.6) is 0 Å². The summed E-state index contributed by atoms with van der Waals surface area (Å²) >= 11 is 0. The first-order chi connectivity index (χ1) is 9.45. The van der Waals surface area contributed by atoms with E-state index in [4.69, 9.17) is 5.11 Å². The molecule has 0 aliphatic carbocycles. The summed E-state index contributed by atoms with van der Waals surface area (Å²) in [5.41, 5.74) is 0.146. The molecule has 0 spiro atoms. The SMILES string of the molecule is CCC1CCC(C)N1c1ccc([N+](=O)[O-])c(C(=O)O)c1. The van der Waals surface area contributed by atoms with E-state index in [-0.39, 0.29) is 11.3 Å². The molecule has 0 amide bonds. The van der Waals surface area contributed by atoms with Gasteiger partial charge in [-0.25, -0.2) is 4.79 Å². The maximum atomic E-state index is 11.2. The van der Waals surface area contributed by atoms with Gasteiger partial charge in [0.1, 0.15) is 5.56 Å². The molecule has 1 fully saturated rings. The van der Waals surface area contributed by atoms with Gasteiger partial charge in [0.05, 0.1) is 4.92 Å². The first kappa shape index (κ1) is 14.3. The lowest BCUT2D eigenvalue weighted by molar-refractivity contribution is -0.385. The van der Waals surface area contributed by atoms with Crippen molar-refractivity contribution in [2.45, 2.75) is 45.2 Å². The molecule has 20 heavy (non-hydrogen) atoms. The third-order valence-corrected chi connectivity index (χ3v) is 3.96. The van der Waals surface area contributed by atoms with Crippen LogP contribution in [-0.2, 0) is 0 Å². The van der Waals surface area contributed by atoms with Crippen molar-refractivity contribution in [2.75, 3.05) is 4.90 Å². The zero-order chi connectivity index (χ0) is 14.9. The Morgan fingerprint density at radius 1 is 1.50 bits per heavy atom. The first-order valence-corrected chi connectivity index (χ1v) is 6.75. The second-order valence-electron chi connectivity index (χ2n) is 5.16. The molecule has 1 aliphatic rings. The lowest BCUT2D eigenvalue weighted by Gasteiger charge is -2.30. The molecule has 1 saturated heterocycles. The number of nitro groups is 1. The minimum Gasteiger partial charge on any atom is -0.477 e. The van der Waals surface area contributed by atoms with Gasteiger partial charge in [0.2, 0.25) is 0 Å². The predicted octanol–water partition coefficient (Wildman–Crippen LogP) is 3.06. The standard InChI is InChI=1S/C14H18N2O4/c1-3-10-5-4-9(2)15(10)11-6-7-13(16(19)20)12(8-11)14(17)18/h6-10H,3-5H2,1-2H3,(H,17,18). The van der Waals surface area contributed by atoms with Crippen LogP contribution in [0, 0.1) is 10.1 Å². The smallest absolute Gasteiger partial charge is 0.342 e. The van der Waals surface area contributed by atoms with Crippen molar-refractivity contribution in [3.8, 4) is 0 Å². The molecule has 2 unspecified atom stereocenters. The fourth-order valence-electron chi connectivity index (χ4n) is 2.95. The van der Waals surface area contributed by atoms with E-state index in [1.54, 1.807) is 6.07 Å². The number of hydrogen-bond donors (Lipinski definition) is 1.